The number of phenols is 1. The van der Waals surface area contributed by atoms with Gasteiger partial charge < -0.3 is 35.7 Å². The Morgan fingerprint density at radius 2 is 1.60 bits per heavy atom. The molecule has 6 rings (SSSR count). The van der Waals surface area contributed by atoms with Crippen molar-refractivity contribution in [1.29, 1.82) is 0 Å². The maximum atomic E-state index is 12.7. The van der Waals surface area contributed by atoms with Gasteiger partial charge in [0.1, 0.15) is 17.4 Å². The zero-order chi connectivity index (χ0) is 34.7. The molecule has 1 aliphatic rings. The number of anilines is 2. The smallest absolute Gasteiger partial charge is 0.411 e. The fourth-order valence-electron chi connectivity index (χ4n) is 6.11. The number of aromatic hydroxyl groups is 1. The summed E-state index contributed by atoms with van der Waals surface area (Å²) in [5.74, 6) is 0.0926. The summed E-state index contributed by atoms with van der Waals surface area (Å²) in [5.41, 5.74) is 6.10. The van der Waals surface area contributed by atoms with Gasteiger partial charge in [0, 0.05) is 37.4 Å². The number of aromatic nitrogens is 1. The largest absolute Gasteiger partial charge is 0.506 e. The Labute approximate surface area is 294 Å². The van der Waals surface area contributed by atoms with E-state index in [4.69, 9.17) is 4.74 Å². The second-order valence-electron chi connectivity index (χ2n) is 12.3. The Hall–Kier alpha value is -5.17. The van der Waals surface area contributed by atoms with E-state index < -0.39 is 6.09 Å². The number of carbonyl (C=O) groups is 2. The summed E-state index contributed by atoms with van der Waals surface area (Å²) in [4.78, 5) is 41.7. The second-order valence-corrected chi connectivity index (χ2v) is 13.3. The summed E-state index contributed by atoms with van der Waals surface area (Å²) < 4.78 is 6.55. The molecule has 5 aromatic rings. The standard InChI is InChI=1S/C38H42N6O5S/c45-33-15-12-28(35-34(33)43-38(48)50-35)17-21-39-20-16-26-10-13-29(14-11-26)41-36(46)40-22-25-44-23-18-30(19-24-44)49-37(47)42-32-9-5-4-8-31(32)27-6-2-1-3-7-27/h1-15,30,39,45H,16-25H2,(H,42,47)(H,43,48)(H2,40,41,46). The van der Waals surface area contributed by atoms with Crippen molar-refractivity contribution in [2.45, 2.75) is 31.8 Å². The van der Waals surface area contributed by atoms with Crippen LogP contribution in [0.3, 0.4) is 0 Å². The zero-order valence-electron chi connectivity index (χ0n) is 27.7. The summed E-state index contributed by atoms with van der Waals surface area (Å²) in [5, 5.41) is 22.1. The molecule has 0 unspecified atom stereocenters. The fraction of sp³-hybridized carbons (Fsp3) is 0.289. The van der Waals surface area contributed by atoms with Crippen LogP contribution in [0.1, 0.15) is 24.0 Å². The molecule has 0 bridgehead atoms. The first-order valence-corrected chi connectivity index (χ1v) is 17.8. The van der Waals surface area contributed by atoms with E-state index in [-0.39, 0.29) is 22.8 Å². The topological polar surface area (TPSA) is 148 Å². The summed E-state index contributed by atoms with van der Waals surface area (Å²) in [6.45, 7) is 4.34. The molecular weight excluding hydrogens is 653 g/mol. The SMILES string of the molecule is O=C(NCCN1CCC(OC(=O)Nc2ccccc2-c2ccccc2)CC1)Nc1ccc(CCNCCc2ccc(O)c3[nH]c(=O)sc23)cc1. The summed E-state index contributed by atoms with van der Waals surface area (Å²) >= 11 is 1.12. The minimum atomic E-state index is -0.447. The molecule has 0 aliphatic carbocycles. The fourth-order valence-corrected chi connectivity index (χ4v) is 7.01. The highest BCUT2D eigenvalue weighted by molar-refractivity contribution is 7.16. The van der Waals surface area contributed by atoms with Crippen molar-refractivity contribution in [1.82, 2.24) is 20.5 Å². The van der Waals surface area contributed by atoms with E-state index in [1.807, 2.05) is 84.9 Å². The number of fused-ring (bicyclic) bond motifs is 1. The number of thiazole rings is 1. The molecule has 4 aromatic carbocycles. The monoisotopic (exact) mass is 694 g/mol. The minimum Gasteiger partial charge on any atom is -0.506 e. The average molecular weight is 695 g/mol. The lowest BCUT2D eigenvalue weighted by Gasteiger charge is -2.31. The Balaban J connectivity index is 0.835. The van der Waals surface area contributed by atoms with E-state index in [0.29, 0.717) is 18.6 Å². The zero-order valence-corrected chi connectivity index (χ0v) is 28.6. The quantitative estimate of drug-likeness (QED) is 0.0808. The number of hydrogen-bond donors (Lipinski definition) is 6. The van der Waals surface area contributed by atoms with Gasteiger partial charge in [-0.1, -0.05) is 78.1 Å². The third-order valence-corrected chi connectivity index (χ3v) is 9.74. The Morgan fingerprint density at radius 3 is 2.40 bits per heavy atom. The van der Waals surface area contributed by atoms with Gasteiger partial charge in [-0.25, -0.2) is 9.59 Å². The highest BCUT2D eigenvalue weighted by atomic mass is 32.1. The first-order chi connectivity index (χ1) is 24.4. The van der Waals surface area contributed by atoms with Gasteiger partial charge >= 0.3 is 17.0 Å². The van der Waals surface area contributed by atoms with Crippen LogP contribution in [-0.2, 0) is 17.6 Å². The summed E-state index contributed by atoms with van der Waals surface area (Å²) in [6, 6.07) is 28.7. The third kappa shape index (κ3) is 9.50. The van der Waals surface area contributed by atoms with Gasteiger partial charge in [0.15, 0.2) is 0 Å². The molecule has 2 heterocycles. The minimum absolute atomic E-state index is 0.0926. The van der Waals surface area contributed by atoms with Crippen LogP contribution < -0.4 is 26.1 Å². The molecule has 6 N–H and O–H groups in total. The van der Waals surface area contributed by atoms with Crippen LogP contribution in [0.2, 0.25) is 0 Å². The second kappa shape index (κ2) is 17.0. The van der Waals surface area contributed by atoms with Gasteiger partial charge in [0.05, 0.1) is 10.4 Å². The van der Waals surface area contributed by atoms with Crippen LogP contribution in [0, 0.1) is 0 Å². The van der Waals surface area contributed by atoms with Crippen molar-refractivity contribution >= 4 is 45.1 Å². The number of amides is 3. The summed E-state index contributed by atoms with van der Waals surface area (Å²) in [7, 11) is 0. The predicted octanol–water partition coefficient (Wildman–Crippen LogP) is 6.17. The number of ether oxygens (including phenoxy) is 1. The molecule has 1 aromatic heterocycles. The molecule has 12 heteroatoms. The lowest BCUT2D eigenvalue weighted by atomic mass is 10.0. The summed E-state index contributed by atoms with van der Waals surface area (Å²) in [6.07, 6.45) is 2.46. The Bertz CT molecular complexity index is 1940. The van der Waals surface area contributed by atoms with Crippen molar-refractivity contribution < 1.29 is 19.4 Å². The number of aromatic amines is 1. The van der Waals surface area contributed by atoms with Gasteiger partial charge in [-0.2, -0.15) is 0 Å². The Morgan fingerprint density at radius 1 is 0.860 bits per heavy atom. The number of benzene rings is 4. The number of piperidine rings is 1. The van der Waals surface area contributed by atoms with Crippen LogP contribution in [-0.4, -0.2) is 72.5 Å². The number of nitrogens with one attached hydrogen (secondary N) is 5. The average Bonchev–Trinajstić information content (AvgIpc) is 3.53. The number of rotatable bonds is 13. The number of para-hydroxylation sites is 1. The normalized spacial score (nSPS) is 13.6. The molecule has 0 saturated carbocycles. The van der Waals surface area contributed by atoms with Gasteiger partial charge in [0.25, 0.3) is 0 Å². The van der Waals surface area contributed by atoms with Gasteiger partial charge in [-0.3, -0.25) is 10.1 Å². The Kier molecular flexibility index (Phi) is 11.8. The molecule has 1 fully saturated rings. The van der Waals surface area contributed by atoms with Crippen molar-refractivity contribution in [3.8, 4) is 16.9 Å². The number of hydrogen-bond acceptors (Lipinski definition) is 8. The molecule has 50 heavy (non-hydrogen) atoms. The van der Waals surface area contributed by atoms with E-state index in [1.54, 1.807) is 6.07 Å². The first kappa shape index (κ1) is 34.7. The molecular formula is C38H42N6O5S. The highest BCUT2D eigenvalue weighted by Crippen LogP contribution is 2.29. The number of phenolic OH excluding ortho intramolecular Hbond substituents is 1. The van der Waals surface area contributed by atoms with E-state index >= 15 is 0 Å². The predicted molar refractivity (Wildman–Crippen MR) is 199 cm³/mol. The van der Waals surface area contributed by atoms with Crippen molar-refractivity contribution in [3.05, 3.63) is 112 Å². The van der Waals surface area contributed by atoms with E-state index in [1.165, 1.54) is 0 Å². The molecule has 3 amide bonds. The van der Waals surface area contributed by atoms with Crippen LogP contribution in [0.15, 0.2) is 95.8 Å². The number of carbonyl (C=O) groups excluding carboxylic acids is 2. The molecule has 260 valence electrons. The van der Waals surface area contributed by atoms with Gasteiger partial charge in [-0.15, -0.1) is 0 Å². The molecule has 0 atom stereocenters. The lowest BCUT2D eigenvalue weighted by Crippen LogP contribution is -2.42. The van der Waals surface area contributed by atoms with Crippen LogP contribution in [0.5, 0.6) is 5.75 Å². The van der Waals surface area contributed by atoms with Crippen LogP contribution >= 0.6 is 11.3 Å². The maximum absolute atomic E-state index is 12.7. The van der Waals surface area contributed by atoms with Gasteiger partial charge in [0.2, 0.25) is 0 Å². The number of H-pyrrole nitrogens is 1. The van der Waals surface area contributed by atoms with E-state index in [9.17, 15) is 19.5 Å². The molecule has 1 saturated heterocycles. The van der Waals surface area contributed by atoms with Crippen molar-refractivity contribution in [3.63, 3.8) is 0 Å². The molecule has 0 radical (unpaired) electrons. The number of urea groups is 1. The van der Waals surface area contributed by atoms with Crippen molar-refractivity contribution in [2.24, 2.45) is 0 Å². The molecule has 1 aliphatic heterocycles. The van der Waals surface area contributed by atoms with Crippen LogP contribution in [0.25, 0.3) is 21.3 Å². The van der Waals surface area contributed by atoms with Crippen LogP contribution in [0.4, 0.5) is 21.0 Å². The molecule has 11 nitrogen and oxygen atoms in total. The molecule has 0 spiro atoms. The van der Waals surface area contributed by atoms with E-state index in [2.05, 4.69) is 31.2 Å². The number of nitrogens with zero attached hydrogens (tertiary/aromatic N) is 1. The van der Waals surface area contributed by atoms with Crippen molar-refractivity contribution in [2.75, 3.05) is 49.9 Å². The maximum Gasteiger partial charge on any atom is 0.411 e. The highest BCUT2D eigenvalue weighted by Gasteiger charge is 2.23. The first-order valence-electron chi connectivity index (χ1n) is 16.9. The lowest BCUT2D eigenvalue weighted by molar-refractivity contribution is 0.0594. The number of likely N-dealkylation sites (tertiary alicyclic amines) is 1. The van der Waals surface area contributed by atoms with E-state index in [0.717, 1.165) is 102 Å². The van der Waals surface area contributed by atoms with Gasteiger partial charge in [-0.05, 0) is 79.7 Å². The third-order valence-electron chi connectivity index (χ3n) is 8.78.